The molecule has 0 radical (unpaired) electrons. The molecular weight excluding hydrogens is 489 g/mol. The molecule has 0 spiro atoms. The van der Waals surface area contributed by atoms with E-state index >= 15 is 4.39 Å². The van der Waals surface area contributed by atoms with E-state index in [9.17, 15) is 22.0 Å². The average Bonchev–Trinajstić information content (AvgIpc) is 2.71. The molecule has 2 saturated heterocycles. The molecule has 5 nitrogen and oxygen atoms in total. The van der Waals surface area contributed by atoms with Gasteiger partial charge in [0.25, 0.3) is 0 Å². The van der Waals surface area contributed by atoms with Crippen LogP contribution in [0.4, 0.5) is 13.2 Å². The van der Waals surface area contributed by atoms with E-state index in [1.165, 1.54) is 6.07 Å². The van der Waals surface area contributed by atoms with Crippen LogP contribution in [-0.2, 0) is 21.2 Å². The van der Waals surface area contributed by atoms with Gasteiger partial charge in [0.1, 0.15) is 17.5 Å². The van der Waals surface area contributed by atoms with E-state index in [1.807, 2.05) is 4.90 Å². The number of carbonyl (C=O) groups is 1. The van der Waals surface area contributed by atoms with Gasteiger partial charge in [-0.1, -0.05) is 18.2 Å². The second-order valence-electron chi connectivity index (χ2n) is 11.1. The third-order valence-electron chi connectivity index (χ3n) is 8.93. The molecule has 1 amide bonds. The molecule has 1 N–H and O–H groups in total. The fraction of sp³-hybridized carbons (Fsp3) is 0.519. The lowest BCUT2D eigenvalue weighted by atomic mass is 9.43. The molecule has 2 aromatic rings. The Morgan fingerprint density at radius 2 is 1.75 bits per heavy atom. The van der Waals surface area contributed by atoms with Gasteiger partial charge in [-0.2, -0.15) is 0 Å². The van der Waals surface area contributed by atoms with Gasteiger partial charge >= 0.3 is 0 Å². The first-order chi connectivity index (χ1) is 17.1. The van der Waals surface area contributed by atoms with Gasteiger partial charge in [0.05, 0.1) is 17.2 Å². The SMILES string of the molecule is CCS(=O)(=O)NC1C2CC(C2)N(C(=O)C23CC(C2)C3)C1Cc1cccc(-c2cc(F)cc(F)c2)c1F. The number of piperidine rings is 2. The molecule has 4 aliphatic carbocycles. The topological polar surface area (TPSA) is 66.5 Å². The number of hydrogen-bond donors (Lipinski definition) is 1. The van der Waals surface area contributed by atoms with Crippen LogP contribution in [0.25, 0.3) is 11.1 Å². The van der Waals surface area contributed by atoms with Crippen molar-refractivity contribution < 1.29 is 26.4 Å². The molecule has 2 unspecified atom stereocenters. The number of rotatable bonds is 7. The Labute approximate surface area is 209 Å². The number of hydrogen-bond acceptors (Lipinski definition) is 3. The van der Waals surface area contributed by atoms with Crippen molar-refractivity contribution in [3.63, 3.8) is 0 Å². The second kappa shape index (κ2) is 8.31. The monoisotopic (exact) mass is 518 g/mol. The Balaban J connectivity index is 1.37. The summed E-state index contributed by atoms with van der Waals surface area (Å²) in [6, 6.07) is 6.59. The second-order valence-corrected chi connectivity index (χ2v) is 13.2. The average molecular weight is 519 g/mol. The Hall–Kier alpha value is -2.39. The van der Waals surface area contributed by atoms with Gasteiger partial charge in [-0.3, -0.25) is 4.79 Å². The Kier molecular flexibility index (Phi) is 5.54. The Bertz CT molecular complexity index is 1300. The van der Waals surface area contributed by atoms with Crippen molar-refractivity contribution in [2.75, 3.05) is 5.75 Å². The van der Waals surface area contributed by atoms with Crippen LogP contribution in [0.15, 0.2) is 36.4 Å². The van der Waals surface area contributed by atoms with Gasteiger partial charge in [0, 0.05) is 23.7 Å². The number of fused-ring (bicyclic) bond motifs is 2. The molecule has 36 heavy (non-hydrogen) atoms. The smallest absolute Gasteiger partial charge is 0.229 e. The summed E-state index contributed by atoms with van der Waals surface area (Å²) in [6.45, 7) is 1.57. The normalized spacial score (nSPS) is 32.3. The van der Waals surface area contributed by atoms with Crippen molar-refractivity contribution in [3.8, 4) is 11.1 Å². The summed E-state index contributed by atoms with van der Waals surface area (Å²) in [5.74, 6) is -1.53. The van der Waals surface area contributed by atoms with Crippen molar-refractivity contribution in [1.29, 1.82) is 0 Å². The molecule has 0 aromatic heterocycles. The molecule has 2 heterocycles. The molecule has 4 saturated carbocycles. The van der Waals surface area contributed by atoms with Crippen molar-refractivity contribution >= 4 is 15.9 Å². The van der Waals surface area contributed by atoms with Crippen LogP contribution in [0, 0.1) is 34.7 Å². The number of sulfonamides is 1. The van der Waals surface area contributed by atoms with Gasteiger partial charge in [-0.25, -0.2) is 26.3 Å². The van der Waals surface area contributed by atoms with Gasteiger partial charge < -0.3 is 4.90 Å². The van der Waals surface area contributed by atoms with Crippen LogP contribution in [0.1, 0.15) is 44.6 Å². The maximum atomic E-state index is 15.8. The fourth-order valence-electron chi connectivity index (χ4n) is 6.82. The van der Waals surface area contributed by atoms with Crippen LogP contribution in [0.2, 0.25) is 0 Å². The zero-order valence-corrected chi connectivity index (χ0v) is 20.8. The molecule has 2 aromatic carbocycles. The number of carbonyl (C=O) groups excluding carboxylic acids is 1. The first kappa shape index (κ1) is 24.0. The quantitative estimate of drug-likeness (QED) is 0.591. The summed E-state index contributed by atoms with van der Waals surface area (Å²) in [5.41, 5.74) is 0.108. The van der Waals surface area contributed by atoms with E-state index in [2.05, 4.69) is 4.72 Å². The molecule has 2 aliphatic heterocycles. The number of nitrogens with zero attached hydrogens (tertiary/aromatic N) is 1. The lowest BCUT2D eigenvalue weighted by Gasteiger charge is -2.66. The highest BCUT2D eigenvalue weighted by atomic mass is 32.2. The number of amides is 1. The Morgan fingerprint density at radius 1 is 1.08 bits per heavy atom. The van der Waals surface area contributed by atoms with Gasteiger partial charge in [0.2, 0.25) is 15.9 Å². The highest BCUT2D eigenvalue weighted by Gasteiger charge is 2.65. The molecule has 8 rings (SSSR count). The minimum atomic E-state index is -3.55. The van der Waals surface area contributed by atoms with Crippen molar-refractivity contribution in [1.82, 2.24) is 9.62 Å². The van der Waals surface area contributed by atoms with Gasteiger partial charge in [-0.15, -0.1) is 0 Å². The summed E-state index contributed by atoms with van der Waals surface area (Å²) in [7, 11) is -3.55. The van der Waals surface area contributed by atoms with Gasteiger partial charge in [0.15, 0.2) is 0 Å². The molecular formula is C27H29F3N2O3S. The van der Waals surface area contributed by atoms with Crippen molar-refractivity contribution in [3.05, 3.63) is 59.4 Å². The van der Waals surface area contributed by atoms with E-state index in [-0.39, 0.29) is 46.6 Å². The van der Waals surface area contributed by atoms with Crippen LogP contribution >= 0.6 is 0 Å². The third-order valence-corrected chi connectivity index (χ3v) is 10.3. The van der Waals surface area contributed by atoms with E-state index in [0.29, 0.717) is 11.5 Å². The number of halogens is 3. The van der Waals surface area contributed by atoms with Crippen molar-refractivity contribution in [2.24, 2.45) is 17.3 Å². The first-order valence-electron chi connectivity index (χ1n) is 12.7. The number of benzene rings is 2. The lowest BCUT2D eigenvalue weighted by molar-refractivity contribution is -0.192. The van der Waals surface area contributed by atoms with E-state index < -0.39 is 39.6 Å². The van der Waals surface area contributed by atoms with Crippen LogP contribution in [0.5, 0.6) is 0 Å². The van der Waals surface area contributed by atoms with Crippen molar-refractivity contribution in [2.45, 2.75) is 63.6 Å². The van der Waals surface area contributed by atoms with Gasteiger partial charge in [-0.05, 0) is 80.5 Å². The predicted octanol–water partition coefficient (Wildman–Crippen LogP) is 4.41. The minimum Gasteiger partial charge on any atom is -0.334 e. The van der Waals surface area contributed by atoms with E-state index in [1.54, 1.807) is 19.1 Å². The largest absolute Gasteiger partial charge is 0.334 e. The summed E-state index contributed by atoms with van der Waals surface area (Å²) in [5, 5.41) is 0. The summed E-state index contributed by atoms with van der Waals surface area (Å²) in [4.78, 5) is 15.6. The van der Waals surface area contributed by atoms with Crippen LogP contribution < -0.4 is 4.72 Å². The summed E-state index contributed by atoms with van der Waals surface area (Å²) in [6.07, 6.45) is 4.24. The molecule has 2 atom stereocenters. The highest BCUT2D eigenvalue weighted by Crippen LogP contribution is 2.66. The molecule has 192 valence electrons. The third kappa shape index (κ3) is 3.77. The molecule has 6 aliphatic rings. The summed E-state index contributed by atoms with van der Waals surface area (Å²) >= 11 is 0. The van der Waals surface area contributed by atoms with Crippen LogP contribution in [0.3, 0.4) is 0 Å². The van der Waals surface area contributed by atoms with E-state index in [0.717, 1.165) is 50.3 Å². The summed E-state index contributed by atoms with van der Waals surface area (Å²) < 4.78 is 71.4. The maximum absolute atomic E-state index is 15.8. The first-order valence-corrected chi connectivity index (χ1v) is 14.3. The van der Waals surface area contributed by atoms with E-state index in [4.69, 9.17) is 0 Å². The number of nitrogens with one attached hydrogen (secondary N) is 1. The Morgan fingerprint density at radius 3 is 2.33 bits per heavy atom. The minimum absolute atomic E-state index is 0.0347. The molecule has 6 fully saturated rings. The maximum Gasteiger partial charge on any atom is 0.229 e. The molecule has 4 bridgehead atoms. The lowest BCUT2D eigenvalue weighted by Crippen LogP contribution is -2.74. The van der Waals surface area contributed by atoms with Crippen LogP contribution in [-0.4, -0.2) is 43.1 Å². The zero-order chi connectivity index (χ0) is 25.4. The molecule has 9 heteroatoms. The highest BCUT2D eigenvalue weighted by molar-refractivity contribution is 7.89. The predicted molar refractivity (Wildman–Crippen MR) is 129 cm³/mol. The standard InChI is InChI=1S/C27H29F3N2O3S/c1-2-36(34,35)31-25-18-8-21(9-18)32(26(33)27-12-15(13-27)14-27)23(25)10-16-4-3-5-22(24(16)30)17-6-19(28)11-20(29)7-17/h3-7,11,15,18,21,23,25,31H,2,8-10,12-14H2,1H3. The zero-order valence-electron chi connectivity index (χ0n) is 20.0. The fourth-order valence-corrected chi connectivity index (χ4v) is 7.76.